The Morgan fingerprint density at radius 1 is 0.912 bits per heavy atom. The second-order valence-electron chi connectivity index (χ2n) is 7.69. The Morgan fingerprint density at radius 3 is 1.97 bits per heavy atom. The lowest BCUT2D eigenvalue weighted by Crippen LogP contribution is -2.57. The molecule has 0 saturated heterocycles. The number of H-pyrrole nitrogens is 2. The first-order valence-corrected chi connectivity index (χ1v) is 10.8. The van der Waals surface area contributed by atoms with Gasteiger partial charge in [0.15, 0.2) is 0 Å². The third-order valence-electron chi connectivity index (χ3n) is 4.94. The van der Waals surface area contributed by atoms with Gasteiger partial charge in [0.2, 0.25) is 17.7 Å². The molecule has 14 heteroatoms. The molecule has 2 aromatic heterocycles. The molecule has 0 bridgehead atoms. The molecule has 0 radical (unpaired) electrons. The molecule has 0 spiro atoms. The molecular weight excluding hydrogens is 446 g/mol. The van der Waals surface area contributed by atoms with Crippen molar-refractivity contribution in [3.8, 4) is 0 Å². The molecule has 14 nitrogen and oxygen atoms in total. The number of hydrogen-bond acceptors (Lipinski definition) is 8. The molecule has 186 valence electrons. The molecule has 3 unspecified atom stereocenters. The maximum Gasteiger partial charge on any atom is 0.322 e. The van der Waals surface area contributed by atoms with Gasteiger partial charge >= 0.3 is 5.97 Å². The van der Waals surface area contributed by atoms with E-state index in [1.807, 2.05) is 0 Å². The highest BCUT2D eigenvalue weighted by Gasteiger charge is 2.29. The van der Waals surface area contributed by atoms with Gasteiger partial charge in [0, 0.05) is 36.6 Å². The number of imidazole rings is 2. The molecule has 0 aliphatic carbocycles. The maximum atomic E-state index is 13.1. The number of rotatable bonds is 15. The smallest absolute Gasteiger partial charge is 0.322 e. The van der Waals surface area contributed by atoms with Crippen LogP contribution in [0.4, 0.5) is 0 Å². The minimum atomic E-state index is -1.23. The van der Waals surface area contributed by atoms with Crippen molar-refractivity contribution in [2.24, 2.45) is 11.5 Å². The normalized spacial score (nSPS) is 13.5. The minimum absolute atomic E-state index is 0.0283. The van der Waals surface area contributed by atoms with Crippen molar-refractivity contribution < 1.29 is 24.3 Å². The molecule has 2 aromatic rings. The van der Waals surface area contributed by atoms with Crippen LogP contribution in [-0.2, 0) is 32.0 Å². The quantitative estimate of drug-likeness (QED) is 0.127. The number of carboxylic acids is 1. The Bertz CT molecular complexity index is 917. The number of carbonyl (C=O) groups excluding carboxylic acids is 3. The fraction of sp³-hybridized carbons (Fsp3) is 0.500. The number of nitrogens with two attached hydrogens (primary N) is 2. The van der Waals surface area contributed by atoms with Gasteiger partial charge in [-0.1, -0.05) is 6.42 Å². The van der Waals surface area contributed by atoms with E-state index in [1.165, 1.54) is 25.0 Å². The van der Waals surface area contributed by atoms with Crippen LogP contribution in [0.25, 0.3) is 0 Å². The van der Waals surface area contributed by atoms with Gasteiger partial charge in [-0.05, 0) is 19.4 Å². The molecule has 0 saturated carbocycles. The van der Waals surface area contributed by atoms with Gasteiger partial charge in [-0.15, -0.1) is 0 Å². The number of aliphatic carboxylic acids is 1. The number of carboxylic acid groups (broad SMARTS) is 1. The van der Waals surface area contributed by atoms with Crippen LogP contribution >= 0.6 is 0 Å². The highest BCUT2D eigenvalue weighted by atomic mass is 16.4. The first-order valence-electron chi connectivity index (χ1n) is 10.8. The Hall–Kier alpha value is -3.78. The number of carbonyl (C=O) groups is 4. The number of nitrogens with one attached hydrogen (secondary N) is 5. The van der Waals surface area contributed by atoms with Crippen LogP contribution in [-0.4, -0.2) is 79.9 Å². The Balaban J connectivity index is 2.12. The number of nitrogens with zero attached hydrogens (tertiary/aromatic N) is 2. The van der Waals surface area contributed by atoms with Crippen molar-refractivity contribution in [3.05, 3.63) is 36.4 Å². The van der Waals surface area contributed by atoms with Crippen molar-refractivity contribution >= 4 is 23.7 Å². The monoisotopic (exact) mass is 477 g/mol. The predicted octanol–water partition coefficient (Wildman–Crippen LogP) is -2.46. The lowest BCUT2D eigenvalue weighted by Gasteiger charge is -2.23. The van der Waals surface area contributed by atoms with E-state index in [0.717, 1.165) is 6.42 Å². The molecule has 0 aliphatic heterocycles. The highest BCUT2D eigenvalue weighted by Crippen LogP contribution is 2.05. The van der Waals surface area contributed by atoms with Crippen molar-refractivity contribution in [2.75, 3.05) is 13.1 Å². The third kappa shape index (κ3) is 8.99. The van der Waals surface area contributed by atoms with Gasteiger partial charge in [-0.2, -0.15) is 0 Å². The third-order valence-corrected chi connectivity index (χ3v) is 4.94. The number of aromatic amines is 2. The summed E-state index contributed by atoms with van der Waals surface area (Å²) in [4.78, 5) is 62.6. The van der Waals surface area contributed by atoms with Gasteiger partial charge in [0.1, 0.15) is 18.6 Å². The fourth-order valence-corrected chi connectivity index (χ4v) is 3.13. The van der Waals surface area contributed by atoms with Crippen molar-refractivity contribution in [3.63, 3.8) is 0 Å². The van der Waals surface area contributed by atoms with Crippen LogP contribution in [0.1, 0.15) is 30.7 Å². The van der Waals surface area contributed by atoms with E-state index in [1.54, 1.807) is 0 Å². The van der Waals surface area contributed by atoms with E-state index in [9.17, 15) is 19.2 Å². The second kappa shape index (κ2) is 13.7. The summed E-state index contributed by atoms with van der Waals surface area (Å²) in [7, 11) is 0. The zero-order valence-corrected chi connectivity index (χ0v) is 18.6. The van der Waals surface area contributed by atoms with Gasteiger partial charge in [0.05, 0.1) is 18.7 Å². The molecule has 0 fully saturated rings. The summed E-state index contributed by atoms with van der Waals surface area (Å²) in [5.41, 5.74) is 12.6. The molecule has 3 atom stereocenters. The Kier molecular flexibility index (Phi) is 10.7. The molecule has 0 aliphatic rings. The number of hydrogen-bond donors (Lipinski definition) is 8. The SMILES string of the molecule is NCCCCC(N)C(=O)NC(Cc1cnc[nH]1)C(=O)NC(Cc1cnc[nH]1)C(=O)NCC(=O)O. The van der Waals surface area contributed by atoms with Gasteiger partial charge < -0.3 is 42.5 Å². The molecule has 10 N–H and O–H groups in total. The molecule has 3 amide bonds. The number of unbranched alkanes of at least 4 members (excludes halogenated alkanes) is 1. The first kappa shape index (κ1) is 26.5. The van der Waals surface area contributed by atoms with E-state index in [-0.39, 0.29) is 12.8 Å². The van der Waals surface area contributed by atoms with Gasteiger partial charge in [-0.3, -0.25) is 19.2 Å². The average molecular weight is 478 g/mol. The molecule has 0 aromatic carbocycles. The van der Waals surface area contributed by atoms with E-state index in [2.05, 4.69) is 35.9 Å². The number of aromatic nitrogens is 4. The number of amides is 3. The largest absolute Gasteiger partial charge is 0.480 e. The molecule has 2 rings (SSSR count). The van der Waals surface area contributed by atoms with Crippen molar-refractivity contribution in [1.29, 1.82) is 0 Å². The summed E-state index contributed by atoms with van der Waals surface area (Å²) in [6.07, 6.45) is 7.73. The summed E-state index contributed by atoms with van der Waals surface area (Å²) >= 11 is 0. The lowest BCUT2D eigenvalue weighted by molar-refractivity contribution is -0.138. The van der Waals surface area contributed by atoms with Crippen LogP contribution in [0, 0.1) is 0 Å². The van der Waals surface area contributed by atoms with Crippen LogP contribution in [0.15, 0.2) is 25.0 Å². The van der Waals surface area contributed by atoms with Crippen LogP contribution in [0.5, 0.6) is 0 Å². The summed E-state index contributed by atoms with van der Waals surface area (Å²) in [6, 6.07) is -3.01. The summed E-state index contributed by atoms with van der Waals surface area (Å²) in [6.45, 7) is -0.124. The van der Waals surface area contributed by atoms with Crippen molar-refractivity contribution in [1.82, 2.24) is 35.9 Å². The topological polar surface area (TPSA) is 234 Å². The van der Waals surface area contributed by atoms with Gasteiger partial charge in [0.25, 0.3) is 0 Å². The minimum Gasteiger partial charge on any atom is -0.480 e. The summed E-state index contributed by atoms with van der Waals surface area (Å²) in [5.74, 6) is -3.09. The van der Waals surface area contributed by atoms with Crippen LogP contribution < -0.4 is 27.4 Å². The zero-order chi connectivity index (χ0) is 24.9. The zero-order valence-electron chi connectivity index (χ0n) is 18.6. The van der Waals surface area contributed by atoms with E-state index in [4.69, 9.17) is 16.6 Å². The Labute approximate surface area is 195 Å². The average Bonchev–Trinajstić information content (AvgIpc) is 3.50. The molecular formula is C20H31N9O5. The predicted molar refractivity (Wildman–Crippen MR) is 120 cm³/mol. The Morgan fingerprint density at radius 2 is 1.47 bits per heavy atom. The van der Waals surface area contributed by atoms with Gasteiger partial charge in [-0.25, -0.2) is 9.97 Å². The van der Waals surface area contributed by atoms with E-state index in [0.29, 0.717) is 30.8 Å². The van der Waals surface area contributed by atoms with Crippen LogP contribution in [0.3, 0.4) is 0 Å². The highest BCUT2D eigenvalue weighted by molar-refractivity contribution is 5.93. The van der Waals surface area contributed by atoms with Crippen molar-refractivity contribution in [2.45, 2.75) is 50.2 Å². The standard InChI is InChI=1S/C20H31N9O5/c21-4-2-1-3-14(22)18(32)28-16(6-13-8-24-11-27-13)20(34)29-15(5-12-7-23-10-26-12)19(33)25-9-17(30)31/h7-8,10-11,14-16H,1-6,9,21-22H2,(H,23,26)(H,24,27)(H,25,33)(H,28,32)(H,29,34)(H,30,31). The summed E-state index contributed by atoms with van der Waals surface area (Å²) < 4.78 is 0. The second-order valence-corrected chi connectivity index (χ2v) is 7.69. The molecule has 2 heterocycles. The molecule has 34 heavy (non-hydrogen) atoms. The lowest BCUT2D eigenvalue weighted by atomic mass is 10.1. The van der Waals surface area contributed by atoms with E-state index >= 15 is 0 Å². The fourth-order valence-electron chi connectivity index (χ4n) is 3.13. The maximum absolute atomic E-state index is 13.1. The van der Waals surface area contributed by atoms with E-state index < -0.39 is 48.4 Å². The first-order chi connectivity index (χ1) is 16.3. The van der Waals surface area contributed by atoms with Crippen LogP contribution in [0.2, 0.25) is 0 Å². The summed E-state index contributed by atoms with van der Waals surface area (Å²) in [5, 5.41) is 16.3.